The van der Waals surface area contributed by atoms with Gasteiger partial charge in [-0.2, -0.15) is 0 Å². The first kappa shape index (κ1) is 22.6. The lowest BCUT2D eigenvalue weighted by atomic mass is 9.80. The summed E-state index contributed by atoms with van der Waals surface area (Å²) in [5.41, 5.74) is 2.41. The number of hydrogen-bond acceptors (Lipinski definition) is 5. The van der Waals surface area contributed by atoms with E-state index in [-0.39, 0.29) is 22.6 Å². The van der Waals surface area contributed by atoms with Crippen LogP contribution in [-0.2, 0) is 23.9 Å². The third-order valence-corrected chi connectivity index (χ3v) is 8.68. The second-order valence-corrected chi connectivity index (χ2v) is 10.3. The molecule has 1 saturated heterocycles. The zero-order valence-electron chi connectivity index (χ0n) is 16.9. The molecule has 10 heteroatoms. The first-order valence-corrected chi connectivity index (χ1v) is 11.6. The number of benzene rings is 1. The largest absolute Gasteiger partial charge is 0.454 e. The van der Waals surface area contributed by atoms with Crippen molar-refractivity contribution < 1.29 is 23.9 Å². The number of aryl methyl sites for hydroxylation is 2. The maximum absolute atomic E-state index is 12.8. The molecule has 6 atom stereocenters. The molecule has 2 bridgehead atoms. The number of esters is 1. The van der Waals surface area contributed by atoms with Crippen molar-refractivity contribution in [1.29, 1.82) is 0 Å². The molecule has 2 saturated carbocycles. The molecule has 3 amide bonds. The highest BCUT2D eigenvalue weighted by Gasteiger charge is 2.66. The van der Waals surface area contributed by atoms with E-state index in [1.165, 1.54) is 0 Å². The van der Waals surface area contributed by atoms with Gasteiger partial charge in [0, 0.05) is 10.2 Å². The topological polar surface area (TPSA) is 92.8 Å². The molecule has 3 aliphatic rings. The van der Waals surface area contributed by atoms with Crippen LogP contribution in [0, 0.1) is 37.5 Å². The van der Waals surface area contributed by atoms with Crippen LogP contribution in [-0.4, -0.2) is 52.5 Å². The second kappa shape index (κ2) is 8.37. The number of anilines is 1. The van der Waals surface area contributed by atoms with Crippen LogP contribution in [0.4, 0.5) is 5.69 Å². The second-order valence-electron chi connectivity index (χ2n) is 8.39. The molecular formula is C21H21BrCl2N2O5. The van der Waals surface area contributed by atoms with Crippen molar-refractivity contribution in [2.75, 3.05) is 18.5 Å². The molecule has 2 aliphatic carbocycles. The standard InChI is InChI=1S/C21H21BrCl2N2O5/c1-8-4-13(9(2)3-12(8)22)25-14(27)7-31-15(28)6-26-20(29)16-10-5-11(17(16)21(26)30)19(24)18(10)23/h3-4,10-11,16-19H,5-7H2,1-2H3,(H,25,27)/t10-,11-,16-,17+,18-,19+/m1/s1. The zero-order valence-corrected chi connectivity index (χ0v) is 20.0. The van der Waals surface area contributed by atoms with Crippen LogP contribution in [0.3, 0.4) is 0 Å². The van der Waals surface area contributed by atoms with E-state index in [0.29, 0.717) is 12.1 Å². The molecule has 1 N–H and O–H groups in total. The molecular weight excluding hydrogens is 511 g/mol. The molecule has 0 unspecified atom stereocenters. The van der Waals surface area contributed by atoms with E-state index in [9.17, 15) is 19.2 Å². The van der Waals surface area contributed by atoms with E-state index in [2.05, 4.69) is 21.2 Å². The summed E-state index contributed by atoms with van der Waals surface area (Å²) in [6, 6.07) is 3.68. The summed E-state index contributed by atoms with van der Waals surface area (Å²) in [6.45, 7) is 2.70. The normalized spacial score (nSPS) is 31.2. The number of halogens is 3. The monoisotopic (exact) mass is 530 g/mol. The number of rotatable bonds is 5. The van der Waals surface area contributed by atoms with Crippen molar-refractivity contribution in [2.24, 2.45) is 23.7 Å². The Hall–Kier alpha value is -1.64. The van der Waals surface area contributed by atoms with E-state index >= 15 is 0 Å². The van der Waals surface area contributed by atoms with Crippen LogP contribution in [0.2, 0.25) is 0 Å². The van der Waals surface area contributed by atoms with Gasteiger partial charge >= 0.3 is 5.97 Å². The molecule has 0 spiro atoms. The van der Waals surface area contributed by atoms with Crippen LogP contribution in [0.5, 0.6) is 0 Å². The Morgan fingerprint density at radius 1 is 1.10 bits per heavy atom. The molecule has 0 radical (unpaired) electrons. The van der Waals surface area contributed by atoms with Crippen LogP contribution >= 0.6 is 39.1 Å². The van der Waals surface area contributed by atoms with Gasteiger partial charge in [0.05, 0.1) is 22.6 Å². The minimum atomic E-state index is -0.822. The number of likely N-dealkylation sites (tertiary alicyclic amines) is 1. The van der Waals surface area contributed by atoms with E-state index in [1.54, 1.807) is 0 Å². The third kappa shape index (κ3) is 3.87. The zero-order chi connectivity index (χ0) is 22.6. The molecule has 3 fully saturated rings. The molecule has 4 rings (SSSR count). The molecule has 1 heterocycles. The van der Waals surface area contributed by atoms with Gasteiger partial charge in [-0.25, -0.2) is 0 Å². The van der Waals surface area contributed by atoms with Crippen LogP contribution in [0.25, 0.3) is 0 Å². The van der Waals surface area contributed by atoms with Gasteiger partial charge in [-0.3, -0.25) is 24.1 Å². The van der Waals surface area contributed by atoms with Gasteiger partial charge in [0.1, 0.15) is 6.54 Å². The smallest absolute Gasteiger partial charge is 0.326 e. The Kier molecular flexibility index (Phi) is 6.09. The fourth-order valence-corrected chi connectivity index (χ4v) is 6.34. The molecule has 166 valence electrons. The number of hydrogen-bond donors (Lipinski definition) is 1. The van der Waals surface area contributed by atoms with Gasteiger partial charge in [0.2, 0.25) is 11.8 Å². The number of alkyl halides is 2. The Balaban J connectivity index is 1.33. The van der Waals surface area contributed by atoms with Crippen molar-refractivity contribution in [3.8, 4) is 0 Å². The summed E-state index contributed by atoms with van der Waals surface area (Å²) in [7, 11) is 0. The predicted octanol–water partition coefficient (Wildman–Crippen LogP) is 3.01. The number of nitrogens with zero attached hydrogens (tertiary/aromatic N) is 1. The first-order valence-electron chi connectivity index (χ1n) is 9.95. The van der Waals surface area contributed by atoms with Crippen LogP contribution < -0.4 is 5.32 Å². The average Bonchev–Trinajstić information content (AvgIpc) is 3.31. The number of ether oxygens (including phenoxy) is 1. The summed E-state index contributed by atoms with van der Waals surface area (Å²) >= 11 is 16.1. The quantitative estimate of drug-likeness (QED) is 0.358. The van der Waals surface area contributed by atoms with Crippen molar-refractivity contribution in [3.05, 3.63) is 27.7 Å². The van der Waals surface area contributed by atoms with Crippen molar-refractivity contribution in [2.45, 2.75) is 31.0 Å². The lowest BCUT2D eigenvalue weighted by molar-refractivity contribution is -0.154. The van der Waals surface area contributed by atoms with E-state index in [1.807, 2.05) is 26.0 Å². The molecule has 1 aromatic rings. The summed E-state index contributed by atoms with van der Waals surface area (Å²) < 4.78 is 5.93. The SMILES string of the molecule is Cc1cc(NC(=O)COC(=O)CN2C(=O)[C@@H]3[C@H]4C[C@@H]([C@H](Cl)[C@@H]4Cl)[C@@H]3C2=O)c(C)cc1Br. The van der Waals surface area contributed by atoms with Crippen molar-refractivity contribution >= 4 is 68.5 Å². The van der Waals surface area contributed by atoms with E-state index in [4.69, 9.17) is 27.9 Å². The highest BCUT2D eigenvalue weighted by Crippen LogP contribution is 2.59. The molecule has 0 aromatic heterocycles. The predicted molar refractivity (Wildman–Crippen MR) is 118 cm³/mol. The number of carbonyl (C=O) groups is 4. The van der Waals surface area contributed by atoms with E-state index < -0.39 is 48.7 Å². The number of amides is 3. The van der Waals surface area contributed by atoms with Crippen LogP contribution in [0.1, 0.15) is 17.5 Å². The Labute approximate surface area is 197 Å². The minimum absolute atomic E-state index is 0.153. The van der Waals surface area contributed by atoms with Gasteiger partial charge in [0.25, 0.3) is 5.91 Å². The molecule has 31 heavy (non-hydrogen) atoms. The maximum atomic E-state index is 12.8. The van der Waals surface area contributed by atoms with Gasteiger partial charge in [-0.05, 0) is 55.4 Å². The number of nitrogens with one attached hydrogen (secondary N) is 1. The summed E-state index contributed by atoms with van der Waals surface area (Å²) in [5.74, 6) is -3.48. The van der Waals surface area contributed by atoms with Gasteiger partial charge < -0.3 is 10.1 Å². The summed E-state index contributed by atoms with van der Waals surface area (Å²) in [4.78, 5) is 50.9. The maximum Gasteiger partial charge on any atom is 0.326 e. The van der Waals surface area contributed by atoms with Crippen molar-refractivity contribution in [3.63, 3.8) is 0 Å². The summed E-state index contributed by atoms with van der Waals surface area (Å²) in [6.07, 6.45) is 0.655. The highest BCUT2D eigenvalue weighted by molar-refractivity contribution is 9.10. The molecule has 7 nitrogen and oxygen atoms in total. The van der Waals surface area contributed by atoms with Crippen molar-refractivity contribution in [1.82, 2.24) is 4.90 Å². The van der Waals surface area contributed by atoms with Crippen LogP contribution in [0.15, 0.2) is 16.6 Å². The lowest BCUT2D eigenvalue weighted by Gasteiger charge is -2.28. The van der Waals surface area contributed by atoms with E-state index in [0.717, 1.165) is 20.5 Å². The lowest BCUT2D eigenvalue weighted by Crippen LogP contribution is -2.38. The Morgan fingerprint density at radius 3 is 2.26 bits per heavy atom. The molecule has 1 aromatic carbocycles. The minimum Gasteiger partial charge on any atom is -0.454 e. The number of carbonyl (C=O) groups excluding carboxylic acids is 4. The Bertz CT molecular complexity index is 955. The first-order chi connectivity index (χ1) is 14.6. The highest BCUT2D eigenvalue weighted by atomic mass is 79.9. The number of fused-ring (bicyclic) bond motifs is 5. The fraction of sp³-hybridized carbons (Fsp3) is 0.524. The Morgan fingerprint density at radius 2 is 1.68 bits per heavy atom. The fourth-order valence-electron chi connectivity index (χ4n) is 4.99. The number of imide groups is 1. The third-order valence-electron chi connectivity index (χ3n) is 6.51. The van der Waals surface area contributed by atoms with Gasteiger partial charge in [0.15, 0.2) is 6.61 Å². The average molecular weight is 532 g/mol. The summed E-state index contributed by atoms with van der Waals surface area (Å²) in [5, 5.41) is 1.98. The van der Waals surface area contributed by atoms with Gasteiger partial charge in [-0.1, -0.05) is 15.9 Å². The van der Waals surface area contributed by atoms with Gasteiger partial charge in [-0.15, -0.1) is 23.2 Å². The molecule has 1 aliphatic heterocycles.